The van der Waals surface area contributed by atoms with Crippen molar-refractivity contribution in [2.45, 2.75) is 243 Å². The van der Waals surface area contributed by atoms with Crippen LogP contribution in [0.25, 0.3) is 0 Å². The van der Waals surface area contributed by atoms with Crippen LogP contribution in [0.1, 0.15) is 231 Å². The molecule has 0 rings (SSSR count). The number of methoxy groups -OCH3 is 2. The lowest BCUT2D eigenvalue weighted by Crippen LogP contribution is -2.15. The lowest BCUT2D eigenvalue weighted by Gasteiger charge is -2.14. The van der Waals surface area contributed by atoms with Gasteiger partial charge in [0.25, 0.3) is 0 Å². The minimum absolute atomic E-state index is 0.0417. The normalized spacial score (nSPS) is 8.12. The van der Waals surface area contributed by atoms with E-state index < -0.39 is 0 Å². The predicted octanol–water partition coefficient (Wildman–Crippen LogP) is 16.5. The van der Waals surface area contributed by atoms with E-state index in [0.717, 1.165) is 12.3 Å². The highest BCUT2D eigenvalue weighted by Gasteiger charge is 2.04. The van der Waals surface area contributed by atoms with Crippen molar-refractivity contribution in [2.24, 2.45) is 5.92 Å². The van der Waals surface area contributed by atoms with Gasteiger partial charge in [-0.15, -0.1) is 0 Å². The third-order valence-electron chi connectivity index (χ3n) is 2.09. The average molecular weight is 603 g/mol. The smallest absolute Gasteiger partial charge is 0.0594 e. The summed E-state index contributed by atoms with van der Waals surface area (Å²) >= 11 is 0. The maximum Gasteiger partial charge on any atom is 0.0594 e. The van der Waals surface area contributed by atoms with Crippen LogP contribution in [0.4, 0.5) is 0 Å². The summed E-state index contributed by atoms with van der Waals surface area (Å²) in [5.74, 6) is 0.833. The van der Waals surface area contributed by atoms with Gasteiger partial charge in [0.15, 0.2) is 0 Å². The molecule has 0 amide bonds. The van der Waals surface area contributed by atoms with Gasteiger partial charge in [0.05, 0.1) is 11.7 Å². The summed E-state index contributed by atoms with van der Waals surface area (Å²) in [5, 5.41) is 0. The summed E-state index contributed by atoms with van der Waals surface area (Å²) in [6, 6.07) is 0. The van der Waals surface area contributed by atoms with Gasteiger partial charge >= 0.3 is 0 Å². The summed E-state index contributed by atoms with van der Waals surface area (Å²) < 4.78 is 9.84. The molecule has 0 aromatic rings. The quantitative estimate of drug-likeness (QED) is 0.320. The Bertz CT molecular complexity index is 176. The standard InChI is InChI=1S/2C5H12O.2C4H10.5C3H8.3C2H6/c1-5(2,3)6-4;1-4-5(2)6-3;1-4(2)3;1-3-4-2;5*1-3-2;3*1-2/h1-4H3;5H,4H2,1-3H3;4H,1-3H3;3-4H2,1-2H3;5*3H2,1-2H3;3*1-2H3. The molecule has 2 nitrogen and oxygen atoms in total. The largest absolute Gasteiger partial charge is 0.382 e. The van der Waals surface area contributed by atoms with Gasteiger partial charge in [-0.2, -0.15) is 0 Å². The van der Waals surface area contributed by atoms with E-state index in [2.05, 4.69) is 118 Å². The molecule has 1 atom stereocenters. The van der Waals surface area contributed by atoms with Crippen molar-refractivity contribution in [2.75, 3.05) is 14.2 Å². The van der Waals surface area contributed by atoms with Crippen molar-refractivity contribution in [1.29, 1.82) is 0 Å². The Hall–Kier alpha value is -0.0800. The van der Waals surface area contributed by atoms with Crippen LogP contribution >= 0.6 is 0 Å². The molecular formula is C39H102O2. The zero-order valence-corrected chi connectivity index (χ0v) is 36.1. The highest BCUT2D eigenvalue weighted by Crippen LogP contribution is 2.02. The number of hydrogen-bond donors (Lipinski definition) is 0. The predicted molar refractivity (Wildman–Crippen MR) is 208 cm³/mol. The molecule has 0 fully saturated rings. The molecular weight excluding hydrogens is 500 g/mol. The Labute approximate surface area is 272 Å². The van der Waals surface area contributed by atoms with Crippen LogP contribution in [0.2, 0.25) is 0 Å². The highest BCUT2D eigenvalue weighted by molar-refractivity contribution is 4.55. The lowest BCUT2D eigenvalue weighted by atomic mass is 10.2. The molecule has 0 bridgehead atoms. The van der Waals surface area contributed by atoms with Crippen LogP contribution in [-0.2, 0) is 9.47 Å². The average Bonchev–Trinajstić information content (AvgIpc) is 2.93. The molecule has 0 saturated heterocycles. The van der Waals surface area contributed by atoms with Crippen LogP contribution in [-0.4, -0.2) is 25.9 Å². The Morgan fingerprint density at radius 2 is 0.561 bits per heavy atom. The van der Waals surface area contributed by atoms with E-state index >= 15 is 0 Å². The van der Waals surface area contributed by atoms with Gasteiger partial charge in [-0.1, -0.05) is 197 Å². The molecule has 270 valence electrons. The molecule has 0 aliphatic heterocycles. The molecule has 0 aliphatic rings. The van der Waals surface area contributed by atoms with Crippen LogP contribution in [0.3, 0.4) is 0 Å². The maximum atomic E-state index is 4.94. The second-order valence-electron chi connectivity index (χ2n) is 10.0. The molecule has 0 aliphatic carbocycles. The Kier molecular flexibility index (Phi) is 239. The van der Waals surface area contributed by atoms with Crippen LogP contribution in [0, 0.1) is 5.92 Å². The van der Waals surface area contributed by atoms with E-state index in [1.165, 1.54) is 44.9 Å². The topological polar surface area (TPSA) is 18.5 Å². The molecule has 0 saturated carbocycles. The first kappa shape index (κ1) is 78.0. The van der Waals surface area contributed by atoms with Crippen LogP contribution < -0.4 is 0 Å². The number of hydrogen-bond acceptors (Lipinski definition) is 2. The highest BCUT2D eigenvalue weighted by atomic mass is 16.5. The van der Waals surface area contributed by atoms with Gasteiger partial charge in [-0.05, 0) is 40.0 Å². The first-order valence-electron chi connectivity index (χ1n) is 18.2. The van der Waals surface area contributed by atoms with E-state index in [0.29, 0.717) is 6.10 Å². The first-order valence-corrected chi connectivity index (χ1v) is 18.2. The minimum Gasteiger partial charge on any atom is -0.382 e. The van der Waals surface area contributed by atoms with E-state index in [4.69, 9.17) is 9.47 Å². The summed E-state index contributed by atoms with van der Waals surface area (Å²) in [5.41, 5.74) is 0.0417. The van der Waals surface area contributed by atoms with Gasteiger partial charge < -0.3 is 9.47 Å². The van der Waals surface area contributed by atoms with Gasteiger partial charge in [-0.25, -0.2) is 0 Å². The summed E-state index contributed by atoms with van der Waals surface area (Å²) in [6.07, 6.45) is 10.4. The van der Waals surface area contributed by atoms with E-state index in [-0.39, 0.29) is 5.60 Å². The van der Waals surface area contributed by atoms with Gasteiger partial charge in [0.1, 0.15) is 0 Å². The van der Waals surface area contributed by atoms with Crippen molar-refractivity contribution in [3.63, 3.8) is 0 Å². The molecule has 0 spiro atoms. The van der Waals surface area contributed by atoms with E-state index in [9.17, 15) is 0 Å². The van der Waals surface area contributed by atoms with E-state index in [1.807, 2.05) is 62.3 Å². The number of rotatable bonds is 3. The van der Waals surface area contributed by atoms with Crippen LogP contribution in [0.5, 0.6) is 0 Å². The Morgan fingerprint density at radius 1 is 0.439 bits per heavy atom. The second kappa shape index (κ2) is 126. The fourth-order valence-electron chi connectivity index (χ4n) is 0.167. The Morgan fingerprint density at radius 3 is 0.561 bits per heavy atom. The fourth-order valence-corrected chi connectivity index (χ4v) is 0.167. The molecule has 0 radical (unpaired) electrons. The monoisotopic (exact) mass is 603 g/mol. The van der Waals surface area contributed by atoms with Crippen molar-refractivity contribution < 1.29 is 9.47 Å². The summed E-state index contributed by atoms with van der Waals surface area (Å²) in [7, 11) is 3.44. The SMILES string of the molecule is CC.CC.CC.CC(C)C.CCC.CCC.CCC.CCC.CCC.CCC(C)OC.CCCC.COC(C)(C)C. The summed E-state index contributed by atoms with van der Waals surface area (Å²) in [6.45, 7) is 54.3. The first-order chi connectivity index (χ1) is 19.1. The van der Waals surface area contributed by atoms with Crippen molar-refractivity contribution in [3.8, 4) is 0 Å². The summed E-state index contributed by atoms with van der Waals surface area (Å²) in [4.78, 5) is 0. The molecule has 2 heteroatoms. The maximum absolute atomic E-state index is 4.94. The second-order valence-corrected chi connectivity index (χ2v) is 10.0. The van der Waals surface area contributed by atoms with Crippen LogP contribution in [0.15, 0.2) is 0 Å². The van der Waals surface area contributed by atoms with Gasteiger partial charge in [0.2, 0.25) is 0 Å². The Balaban J connectivity index is -0.0000000229. The third kappa shape index (κ3) is 915. The van der Waals surface area contributed by atoms with E-state index in [1.54, 1.807) is 14.2 Å². The lowest BCUT2D eigenvalue weighted by molar-refractivity contribution is 0.0397. The third-order valence-corrected chi connectivity index (χ3v) is 2.09. The van der Waals surface area contributed by atoms with Gasteiger partial charge in [-0.3, -0.25) is 0 Å². The fraction of sp³-hybridized carbons (Fsp3) is 1.00. The molecule has 41 heavy (non-hydrogen) atoms. The van der Waals surface area contributed by atoms with Crippen molar-refractivity contribution in [3.05, 3.63) is 0 Å². The molecule has 0 aromatic heterocycles. The van der Waals surface area contributed by atoms with Crippen molar-refractivity contribution in [1.82, 2.24) is 0 Å². The zero-order chi connectivity index (χ0) is 36.7. The molecule has 0 N–H and O–H groups in total. The molecule has 0 aromatic carbocycles. The van der Waals surface area contributed by atoms with Gasteiger partial charge in [0, 0.05) is 14.2 Å². The number of ether oxygens (including phenoxy) is 2. The minimum atomic E-state index is 0.0417. The number of unbranched alkanes of at least 4 members (excludes halogenated alkanes) is 1. The van der Waals surface area contributed by atoms with Crippen molar-refractivity contribution >= 4 is 0 Å². The molecule has 1 unspecified atom stereocenters. The molecule has 0 heterocycles. The zero-order valence-electron chi connectivity index (χ0n) is 36.1.